The second-order valence-electron chi connectivity index (χ2n) is 4.54. The Morgan fingerprint density at radius 2 is 1.90 bits per heavy atom. The molecular formula is C14H13F3N2O2. The van der Waals surface area contributed by atoms with Gasteiger partial charge in [0.05, 0.1) is 11.3 Å². The third kappa shape index (κ3) is 3.56. The second-order valence-corrected chi connectivity index (χ2v) is 4.54. The topological polar surface area (TPSA) is 57.2 Å². The smallest absolute Gasteiger partial charge is 0.416 e. The number of anilines is 1. The summed E-state index contributed by atoms with van der Waals surface area (Å²) in [6.07, 6.45) is -2.81. The Bertz CT molecular complexity index is 645. The summed E-state index contributed by atoms with van der Waals surface area (Å²) in [6.45, 7) is -0.109. The van der Waals surface area contributed by atoms with Crippen molar-refractivity contribution >= 4 is 11.7 Å². The van der Waals surface area contributed by atoms with Gasteiger partial charge in [-0.3, -0.25) is 0 Å². The van der Waals surface area contributed by atoms with Crippen molar-refractivity contribution in [2.24, 2.45) is 7.05 Å². The maximum atomic E-state index is 12.4. The number of aromatic nitrogens is 1. The molecule has 0 radical (unpaired) electrons. The molecule has 1 aromatic heterocycles. The lowest BCUT2D eigenvalue weighted by molar-refractivity contribution is -0.137. The molecule has 2 rings (SSSR count). The molecule has 0 aliphatic rings. The molecule has 0 saturated heterocycles. The van der Waals surface area contributed by atoms with E-state index in [1.165, 1.54) is 22.8 Å². The molecule has 1 aromatic carbocycles. The summed E-state index contributed by atoms with van der Waals surface area (Å²) < 4.78 is 43.8. The van der Waals surface area contributed by atoms with Gasteiger partial charge < -0.3 is 15.0 Å². The molecule has 2 N–H and O–H groups in total. The number of esters is 1. The number of nitrogen functional groups attached to an aromatic ring is 1. The number of halogens is 3. The highest BCUT2D eigenvalue weighted by molar-refractivity contribution is 5.89. The molecule has 112 valence electrons. The average Bonchev–Trinajstić information content (AvgIpc) is 2.74. The third-order valence-electron chi connectivity index (χ3n) is 2.89. The van der Waals surface area contributed by atoms with Gasteiger partial charge in [0, 0.05) is 13.2 Å². The van der Waals surface area contributed by atoms with Crippen LogP contribution < -0.4 is 5.73 Å². The Hall–Kier alpha value is -2.44. The number of hydrogen-bond donors (Lipinski definition) is 1. The normalized spacial score (nSPS) is 11.4. The highest BCUT2D eigenvalue weighted by Crippen LogP contribution is 2.29. The van der Waals surface area contributed by atoms with E-state index in [0.717, 1.165) is 12.1 Å². The van der Waals surface area contributed by atoms with Crippen LogP contribution in [0.4, 0.5) is 18.9 Å². The first-order valence-electron chi connectivity index (χ1n) is 6.02. The molecule has 0 aliphatic carbocycles. The predicted octanol–water partition coefficient (Wildman–Crippen LogP) is 2.98. The largest absolute Gasteiger partial charge is 0.456 e. The van der Waals surface area contributed by atoms with Crippen molar-refractivity contribution in [3.8, 4) is 0 Å². The first-order valence-corrected chi connectivity index (χ1v) is 6.02. The molecule has 0 saturated carbocycles. The lowest BCUT2D eigenvalue weighted by atomic mass is 10.1. The molecular weight excluding hydrogens is 285 g/mol. The van der Waals surface area contributed by atoms with E-state index in [2.05, 4.69) is 0 Å². The van der Waals surface area contributed by atoms with Crippen LogP contribution in [-0.2, 0) is 24.6 Å². The van der Waals surface area contributed by atoms with Crippen LogP contribution in [-0.4, -0.2) is 10.5 Å². The number of ether oxygens (including phenoxy) is 1. The van der Waals surface area contributed by atoms with Crippen LogP contribution in [0, 0.1) is 0 Å². The number of alkyl halides is 3. The number of hydrogen-bond acceptors (Lipinski definition) is 3. The van der Waals surface area contributed by atoms with Crippen LogP contribution in [0.3, 0.4) is 0 Å². The standard InChI is InChI=1S/C14H13F3N2O2/c1-19-7-11(18)6-12(19)13(20)21-8-9-2-4-10(5-3-9)14(15,16)17/h2-7H,8,18H2,1H3. The quantitative estimate of drug-likeness (QED) is 0.886. The second kappa shape index (κ2) is 5.51. The Kier molecular flexibility index (Phi) is 3.93. The predicted molar refractivity (Wildman–Crippen MR) is 70.4 cm³/mol. The number of rotatable bonds is 3. The highest BCUT2D eigenvalue weighted by Gasteiger charge is 2.29. The lowest BCUT2D eigenvalue weighted by Crippen LogP contribution is -2.10. The maximum absolute atomic E-state index is 12.4. The SMILES string of the molecule is Cn1cc(N)cc1C(=O)OCc1ccc(C(F)(F)F)cc1. The Morgan fingerprint density at radius 1 is 1.29 bits per heavy atom. The zero-order valence-electron chi connectivity index (χ0n) is 11.1. The van der Waals surface area contributed by atoms with E-state index in [9.17, 15) is 18.0 Å². The minimum atomic E-state index is -4.38. The van der Waals surface area contributed by atoms with Gasteiger partial charge in [0.1, 0.15) is 12.3 Å². The summed E-state index contributed by atoms with van der Waals surface area (Å²) in [5.74, 6) is -0.589. The Labute approximate surface area is 118 Å². The van der Waals surface area contributed by atoms with Crippen LogP contribution in [0.15, 0.2) is 36.5 Å². The van der Waals surface area contributed by atoms with E-state index in [4.69, 9.17) is 10.5 Å². The van der Waals surface area contributed by atoms with Gasteiger partial charge in [-0.1, -0.05) is 12.1 Å². The van der Waals surface area contributed by atoms with E-state index < -0.39 is 17.7 Å². The third-order valence-corrected chi connectivity index (χ3v) is 2.89. The molecule has 0 aliphatic heterocycles. The maximum Gasteiger partial charge on any atom is 0.416 e. The van der Waals surface area contributed by atoms with E-state index in [1.54, 1.807) is 13.2 Å². The van der Waals surface area contributed by atoms with Gasteiger partial charge in [0.15, 0.2) is 0 Å². The van der Waals surface area contributed by atoms with Crippen LogP contribution in [0.25, 0.3) is 0 Å². The number of carbonyl (C=O) groups is 1. The summed E-state index contributed by atoms with van der Waals surface area (Å²) in [5.41, 5.74) is 5.98. The molecule has 0 spiro atoms. The van der Waals surface area contributed by atoms with Crippen LogP contribution in [0.5, 0.6) is 0 Å². The van der Waals surface area contributed by atoms with Crippen molar-refractivity contribution in [2.45, 2.75) is 12.8 Å². The van der Waals surface area contributed by atoms with Crippen molar-refractivity contribution in [2.75, 3.05) is 5.73 Å². The Balaban J connectivity index is 2.00. The summed E-state index contributed by atoms with van der Waals surface area (Å²) in [5, 5.41) is 0. The number of carbonyl (C=O) groups excluding carboxylic acids is 1. The molecule has 0 fully saturated rings. The Morgan fingerprint density at radius 3 is 2.38 bits per heavy atom. The zero-order chi connectivity index (χ0) is 15.6. The molecule has 7 heteroatoms. The summed E-state index contributed by atoms with van der Waals surface area (Å²) in [7, 11) is 1.64. The number of nitrogens with two attached hydrogens (primary N) is 1. The first kappa shape index (κ1) is 15.0. The van der Waals surface area contributed by atoms with Gasteiger partial charge in [-0.15, -0.1) is 0 Å². The zero-order valence-corrected chi connectivity index (χ0v) is 11.1. The van der Waals surface area contributed by atoms with Crippen molar-refractivity contribution in [3.05, 3.63) is 53.3 Å². The molecule has 4 nitrogen and oxygen atoms in total. The number of nitrogens with zero attached hydrogens (tertiary/aromatic N) is 1. The summed E-state index contributed by atoms with van der Waals surface area (Å²) in [6, 6.07) is 5.91. The van der Waals surface area contributed by atoms with E-state index in [-0.39, 0.29) is 12.3 Å². The van der Waals surface area contributed by atoms with E-state index in [0.29, 0.717) is 11.3 Å². The van der Waals surface area contributed by atoms with E-state index >= 15 is 0 Å². The fourth-order valence-electron chi connectivity index (χ4n) is 1.81. The van der Waals surface area contributed by atoms with Gasteiger partial charge in [-0.25, -0.2) is 4.79 Å². The van der Waals surface area contributed by atoms with E-state index in [1.807, 2.05) is 0 Å². The highest BCUT2D eigenvalue weighted by atomic mass is 19.4. The fourth-order valence-corrected chi connectivity index (χ4v) is 1.81. The van der Waals surface area contributed by atoms with Crippen molar-refractivity contribution in [1.29, 1.82) is 0 Å². The minimum absolute atomic E-state index is 0.109. The van der Waals surface area contributed by atoms with Crippen molar-refractivity contribution in [3.63, 3.8) is 0 Å². The molecule has 0 amide bonds. The van der Waals surface area contributed by atoms with Gasteiger partial charge in [-0.2, -0.15) is 13.2 Å². The molecule has 0 bridgehead atoms. The molecule has 2 aromatic rings. The average molecular weight is 298 g/mol. The van der Waals surface area contributed by atoms with Crippen LogP contribution >= 0.6 is 0 Å². The van der Waals surface area contributed by atoms with Crippen molar-refractivity contribution < 1.29 is 22.7 Å². The van der Waals surface area contributed by atoms with Crippen molar-refractivity contribution in [1.82, 2.24) is 4.57 Å². The first-order chi connectivity index (χ1) is 9.77. The summed E-state index contributed by atoms with van der Waals surface area (Å²) in [4.78, 5) is 11.8. The van der Waals surface area contributed by atoms with Crippen LogP contribution in [0.2, 0.25) is 0 Å². The monoisotopic (exact) mass is 298 g/mol. The van der Waals surface area contributed by atoms with Crippen LogP contribution in [0.1, 0.15) is 21.6 Å². The summed E-state index contributed by atoms with van der Waals surface area (Å²) >= 11 is 0. The number of aryl methyl sites for hydroxylation is 1. The lowest BCUT2D eigenvalue weighted by Gasteiger charge is -2.08. The van der Waals surface area contributed by atoms with Gasteiger partial charge >= 0.3 is 12.1 Å². The van der Waals surface area contributed by atoms with Gasteiger partial charge in [0.2, 0.25) is 0 Å². The minimum Gasteiger partial charge on any atom is -0.456 e. The van der Waals surface area contributed by atoms with Gasteiger partial charge in [-0.05, 0) is 23.8 Å². The molecule has 0 atom stereocenters. The molecule has 0 unspecified atom stereocenters. The fraction of sp³-hybridized carbons (Fsp3) is 0.214. The van der Waals surface area contributed by atoms with Gasteiger partial charge in [0.25, 0.3) is 0 Å². The number of benzene rings is 1. The molecule has 1 heterocycles. The molecule has 21 heavy (non-hydrogen) atoms.